The second kappa shape index (κ2) is 6.16. The molecule has 1 aliphatic rings. The number of hydrogen-bond acceptors (Lipinski definition) is 2. The Balaban J connectivity index is 2.04. The molecule has 3 N–H and O–H groups in total. The molecule has 5 nitrogen and oxygen atoms in total. The van der Waals surface area contributed by atoms with E-state index in [1.807, 2.05) is 13.0 Å². The van der Waals surface area contributed by atoms with Crippen LogP contribution in [0.15, 0.2) is 12.1 Å². The summed E-state index contributed by atoms with van der Waals surface area (Å²) in [6.45, 7) is 6.37. The third kappa shape index (κ3) is 3.97. The molecule has 0 aliphatic heterocycles. The van der Waals surface area contributed by atoms with E-state index in [2.05, 4.69) is 17.6 Å². The average molecular weight is 290 g/mol. The van der Waals surface area contributed by atoms with Gasteiger partial charge < -0.3 is 15.7 Å². The fourth-order valence-electron chi connectivity index (χ4n) is 2.55. The zero-order chi connectivity index (χ0) is 15.6. The van der Waals surface area contributed by atoms with Gasteiger partial charge in [0.2, 0.25) is 0 Å². The predicted octanol–water partition coefficient (Wildman–Crippen LogP) is 3.17. The van der Waals surface area contributed by atoms with Gasteiger partial charge in [-0.2, -0.15) is 0 Å². The Hall–Kier alpha value is -2.04. The highest BCUT2D eigenvalue weighted by Crippen LogP contribution is 2.36. The summed E-state index contributed by atoms with van der Waals surface area (Å²) in [5, 5.41) is 14.7. The van der Waals surface area contributed by atoms with E-state index in [0.29, 0.717) is 18.2 Å². The van der Waals surface area contributed by atoms with E-state index in [-0.39, 0.29) is 11.6 Å². The van der Waals surface area contributed by atoms with Gasteiger partial charge in [0.25, 0.3) is 0 Å². The Kier molecular flexibility index (Phi) is 4.50. The molecule has 2 rings (SSSR count). The van der Waals surface area contributed by atoms with E-state index < -0.39 is 5.97 Å². The van der Waals surface area contributed by atoms with E-state index in [0.717, 1.165) is 17.0 Å². The van der Waals surface area contributed by atoms with Gasteiger partial charge >= 0.3 is 12.0 Å². The molecule has 1 fully saturated rings. The van der Waals surface area contributed by atoms with Gasteiger partial charge in [-0.1, -0.05) is 13.0 Å². The lowest BCUT2D eigenvalue weighted by molar-refractivity contribution is 0.0698. The molecule has 0 saturated heterocycles. The highest BCUT2D eigenvalue weighted by Gasteiger charge is 2.28. The van der Waals surface area contributed by atoms with Gasteiger partial charge in [-0.3, -0.25) is 0 Å². The lowest BCUT2D eigenvalue weighted by atomic mass is 10.0. The van der Waals surface area contributed by atoms with Gasteiger partial charge in [-0.25, -0.2) is 9.59 Å². The van der Waals surface area contributed by atoms with Crippen molar-refractivity contribution in [3.05, 3.63) is 28.8 Å². The van der Waals surface area contributed by atoms with Crippen molar-refractivity contribution in [3.63, 3.8) is 0 Å². The first-order valence-corrected chi connectivity index (χ1v) is 7.28. The van der Waals surface area contributed by atoms with Crippen LogP contribution in [-0.2, 0) is 0 Å². The molecule has 1 atom stereocenters. The van der Waals surface area contributed by atoms with Gasteiger partial charge in [-0.05, 0) is 55.7 Å². The Morgan fingerprint density at radius 2 is 2.00 bits per heavy atom. The summed E-state index contributed by atoms with van der Waals surface area (Å²) in [7, 11) is 0. The number of urea groups is 1. The summed E-state index contributed by atoms with van der Waals surface area (Å²) in [6.07, 6.45) is 2.48. The molecule has 0 spiro atoms. The van der Waals surface area contributed by atoms with Crippen molar-refractivity contribution in [2.45, 2.75) is 33.6 Å². The van der Waals surface area contributed by atoms with Crippen molar-refractivity contribution in [2.24, 2.45) is 11.8 Å². The molecule has 0 aromatic heterocycles. The van der Waals surface area contributed by atoms with Gasteiger partial charge in [0.15, 0.2) is 0 Å². The number of rotatable bonds is 5. The first-order chi connectivity index (χ1) is 9.88. The molecule has 2 amide bonds. The highest BCUT2D eigenvalue weighted by atomic mass is 16.4. The number of hydrogen-bond donors (Lipinski definition) is 3. The number of carbonyl (C=O) groups is 2. The number of carboxylic acid groups (broad SMARTS) is 1. The minimum absolute atomic E-state index is 0.123. The van der Waals surface area contributed by atoms with Gasteiger partial charge in [0, 0.05) is 6.54 Å². The summed E-state index contributed by atoms with van der Waals surface area (Å²) in [5.41, 5.74) is 2.10. The van der Waals surface area contributed by atoms with E-state index in [1.165, 1.54) is 12.8 Å². The second-order valence-corrected chi connectivity index (χ2v) is 5.96. The standard InChI is InChI=1S/C16H22N2O3/c1-9-6-10(2)14(13(7-9)15(19)20)18-16(21)17-8-11(3)12-4-5-12/h6-7,11-12H,4-5,8H2,1-3H3,(H,19,20)(H2,17,18,21). The number of carboxylic acids is 1. The van der Waals surface area contributed by atoms with Crippen molar-refractivity contribution in [1.29, 1.82) is 0 Å². The Morgan fingerprint density at radius 1 is 1.33 bits per heavy atom. The van der Waals surface area contributed by atoms with E-state index >= 15 is 0 Å². The van der Waals surface area contributed by atoms with E-state index in [9.17, 15) is 14.7 Å². The molecule has 1 unspecified atom stereocenters. The lowest BCUT2D eigenvalue weighted by Crippen LogP contribution is -2.33. The number of nitrogens with one attached hydrogen (secondary N) is 2. The van der Waals surface area contributed by atoms with Crippen molar-refractivity contribution < 1.29 is 14.7 Å². The number of anilines is 1. The van der Waals surface area contributed by atoms with Crippen molar-refractivity contribution in [3.8, 4) is 0 Å². The van der Waals surface area contributed by atoms with Crippen molar-refractivity contribution >= 4 is 17.7 Å². The van der Waals surface area contributed by atoms with Gasteiger partial charge in [-0.15, -0.1) is 0 Å². The quantitative estimate of drug-likeness (QED) is 0.779. The molecule has 1 aromatic carbocycles. The maximum Gasteiger partial charge on any atom is 0.337 e. The predicted molar refractivity (Wildman–Crippen MR) is 81.8 cm³/mol. The summed E-state index contributed by atoms with van der Waals surface area (Å²) >= 11 is 0. The normalized spacial score (nSPS) is 15.4. The van der Waals surface area contributed by atoms with Crippen LogP contribution in [0.3, 0.4) is 0 Å². The number of amides is 2. The van der Waals surface area contributed by atoms with Crippen LogP contribution in [0, 0.1) is 25.7 Å². The minimum Gasteiger partial charge on any atom is -0.478 e. The molecule has 1 saturated carbocycles. The monoisotopic (exact) mass is 290 g/mol. The topological polar surface area (TPSA) is 78.4 Å². The van der Waals surface area contributed by atoms with Crippen LogP contribution in [0.5, 0.6) is 0 Å². The molecule has 0 heterocycles. The fraction of sp³-hybridized carbons (Fsp3) is 0.500. The molecule has 21 heavy (non-hydrogen) atoms. The molecule has 0 radical (unpaired) electrons. The highest BCUT2D eigenvalue weighted by molar-refractivity contribution is 6.01. The van der Waals surface area contributed by atoms with Gasteiger partial charge in [0.05, 0.1) is 11.3 Å². The first-order valence-electron chi connectivity index (χ1n) is 7.28. The van der Waals surface area contributed by atoms with Crippen LogP contribution in [0.1, 0.15) is 41.3 Å². The molecule has 5 heteroatoms. The van der Waals surface area contributed by atoms with Gasteiger partial charge in [0.1, 0.15) is 0 Å². The lowest BCUT2D eigenvalue weighted by Gasteiger charge is -2.15. The largest absolute Gasteiger partial charge is 0.478 e. The zero-order valence-corrected chi connectivity index (χ0v) is 12.7. The second-order valence-electron chi connectivity index (χ2n) is 5.96. The third-order valence-electron chi connectivity index (χ3n) is 3.96. The fourth-order valence-corrected chi connectivity index (χ4v) is 2.55. The number of carbonyl (C=O) groups excluding carboxylic acids is 1. The van der Waals surface area contributed by atoms with Crippen LogP contribution in [0.4, 0.5) is 10.5 Å². The molecule has 114 valence electrons. The van der Waals surface area contributed by atoms with Crippen LogP contribution in [0.2, 0.25) is 0 Å². The molecule has 1 aromatic rings. The Labute approximate surface area is 124 Å². The maximum absolute atomic E-state index is 12.0. The average Bonchev–Trinajstić information content (AvgIpc) is 3.22. The minimum atomic E-state index is -1.04. The molecule has 0 bridgehead atoms. The number of aromatic carboxylic acids is 1. The van der Waals surface area contributed by atoms with Crippen molar-refractivity contribution in [1.82, 2.24) is 5.32 Å². The van der Waals surface area contributed by atoms with Crippen LogP contribution >= 0.6 is 0 Å². The number of benzene rings is 1. The SMILES string of the molecule is Cc1cc(C)c(NC(=O)NCC(C)C2CC2)c(C(=O)O)c1. The maximum atomic E-state index is 12.0. The smallest absolute Gasteiger partial charge is 0.337 e. The summed E-state index contributed by atoms with van der Waals surface area (Å²) in [4.78, 5) is 23.3. The summed E-state index contributed by atoms with van der Waals surface area (Å²) < 4.78 is 0. The van der Waals surface area contributed by atoms with Crippen LogP contribution < -0.4 is 10.6 Å². The van der Waals surface area contributed by atoms with Crippen molar-refractivity contribution in [2.75, 3.05) is 11.9 Å². The summed E-state index contributed by atoms with van der Waals surface area (Å²) in [6, 6.07) is 3.07. The third-order valence-corrected chi connectivity index (χ3v) is 3.96. The molecular formula is C16H22N2O3. The molecule has 1 aliphatic carbocycles. The van der Waals surface area contributed by atoms with Crippen LogP contribution in [0.25, 0.3) is 0 Å². The zero-order valence-electron chi connectivity index (χ0n) is 12.7. The Morgan fingerprint density at radius 3 is 2.57 bits per heavy atom. The van der Waals surface area contributed by atoms with E-state index in [4.69, 9.17) is 0 Å². The van der Waals surface area contributed by atoms with E-state index in [1.54, 1.807) is 13.0 Å². The first kappa shape index (κ1) is 15.4. The number of aryl methyl sites for hydroxylation is 2. The van der Waals surface area contributed by atoms with Crippen LogP contribution in [-0.4, -0.2) is 23.7 Å². The summed E-state index contributed by atoms with van der Waals surface area (Å²) in [5.74, 6) is 0.151. The molecular weight excluding hydrogens is 268 g/mol. The Bertz CT molecular complexity index is 565.